The van der Waals surface area contributed by atoms with Gasteiger partial charge >= 0.3 is 0 Å². The molecule has 0 amide bonds. The molecule has 1 atom stereocenters. The summed E-state index contributed by atoms with van der Waals surface area (Å²) < 4.78 is 1.10. The highest BCUT2D eigenvalue weighted by Crippen LogP contribution is 2.29. The molecule has 2 nitrogen and oxygen atoms in total. The molecule has 2 N–H and O–H groups in total. The topological polar surface area (TPSA) is 32.3 Å². The Morgan fingerprint density at radius 1 is 1.29 bits per heavy atom. The summed E-state index contributed by atoms with van der Waals surface area (Å²) >= 11 is 3.44. The summed E-state index contributed by atoms with van der Waals surface area (Å²) in [4.78, 5) is 0. The number of nitrogens with one attached hydrogen (secondary N) is 1. The summed E-state index contributed by atoms with van der Waals surface area (Å²) in [5.41, 5.74) is 0.790. The normalized spacial score (nSPS) is 20.4. The Morgan fingerprint density at radius 3 is 2.47 bits per heavy atom. The molecule has 2 rings (SSSR count). The van der Waals surface area contributed by atoms with E-state index < -0.39 is 5.60 Å². The number of benzene rings is 1. The van der Waals surface area contributed by atoms with Gasteiger partial charge in [0.2, 0.25) is 0 Å². The molecule has 0 unspecified atom stereocenters. The number of halogens is 1. The molecule has 1 saturated carbocycles. The van der Waals surface area contributed by atoms with Gasteiger partial charge in [0.25, 0.3) is 0 Å². The van der Waals surface area contributed by atoms with Gasteiger partial charge in [0.15, 0.2) is 0 Å². The summed E-state index contributed by atoms with van der Waals surface area (Å²) in [6.45, 7) is 2.84. The van der Waals surface area contributed by atoms with Crippen molar-refractivity contribution in [3.8, 4) is 0 Å². The first kappa shape index (κ1) is 13.1. The first-order valence-corrected chi connectivity index (χ1v) is 7.10. The van der Waals surface area contributed by atoms with Gasteiger partial charge in [-0.05, 0) is 37.5 Å². The van der Waals surface area contributed by atoms with Gasteiger partial charge in [-0.1, -0.05) is 40.9 Å². The Bertz CT molecular complexity index is 357. The van der Waals surface area contributed by atoms with E-state index in [-0.39, 0.29) is 6.04 Å². The molecule has 0 saturated heterocycles. The zero-order chi connectivity index (χ0) is 12.3. The van der Waals surface area contributed by atoms with Crippen molar-refractivity contribution >= 4 is 15.9 Å². The maximum Gasteiger partial charge on any atom is 0.0771 e. The third-order valence-electron chi connectivity index (χ3n) is 3.64. The van der Waals surface area contributed by atoms with E-state index in [1.807, 2.05) is 0 Å². The van der Waals surface area contributed by atoms with Crippen molar-refractivity contribution in [2.24, 2.45) is 0 Å². The van der Waals surface area contributed by atoms with Crippen LogP contribution in [0, 0.1) is 0 Å². The minimum absolute atomic E-state index is 0.285. The van der Waals surface area contributed by atoms with Crippen LogP contribution in [0.2, 0.25) is 0 Å². The first-order valence-electron chi connectivity index (χ1n) is 6.30. The van der Waals surface area contributed by atoms with Crippen LogP contribution in [0.3, 0.4) is 0 Å². The van der Waals surface area contributed by atoms with Crippen molar-refractivity contribution in [3.63, 3.8) is 0 Å². The highest BCUT2D eigenvalue weighted by molar-refractivity contribution is 9.10. The second-order valence-electron chi connectivity index (χ2n) is 5.09. The lowest BCUT2D eigenvalue weighted by Crippen LogP contribution is -2.39. The highest BCUT2D eigenvalue weighted by Gasteiger charge is 2.30. The maximum atomic E-state index is 10.3. The van der Waals surface area contributed by atoms with Crippen LogP contribution in [0.4, 0.5) is 0 Å². The van der Waals surface area contributed by atoms with Crippen LogP contribution < -0.4 is 5.32 Å². The average molecular weight is 298 g/mol. The number of rotatable bonds is 4. The number of hydrogen-bond acceptors (Lipinski definition) is 2. The summed E-state index contributed by atoms with van der Waals surface area (Å²) in [5.74, 6) is 0. The summed E-state index contributed by atoms with van der Waals surface area (Å²) in [5, 5.41) is 13.7. The van der Waals surface area contributed by atoms with Gasteiger partial charge in [-0.25, -0.2) is 0 Å². The molecule has 1 fully saturated rings. The number of aliphatic hydroxyl groups is 1. The van der Waals surface area contributed by atoms with Gasteiger partial charge in [-0.2, -0.15) is 0 Å². The highest BCUT2D eigenvalue weighted by atomic mass is 79.9. The monoisotopic (exact) mass is 297 g/mol. The van der Waals surface area contributed by atoms with E-state index >= 15 is 0 Å². The predicted molar refractivity (Wildman–Crippen MR) is 74.0 cm³/mol. The van der Waals surface area contributed by atoms with E-state index in [1.165, 1.54) is 5.56 Å². The van der Waals surface area contributed by atoms with Gasteiger partial charge < -0.3 is 10.4 Å². The number of hydrogen-bond donors (Lipinski definition) is 2. The Morgan fingerprint density at radius 2 is 1.88 bits per heavy atom. The van der Waals surface area contributed by atoms with Crippen molar-refractivity contribution in [3.05, 3.63) is 34.3 Å². The van der Waals surface area contributed by atoms with Gasteiger partial charge in [-0.15, -0.1) is 0 Å². The maximum absolute atomic E-state index is 10.3. The summed E-state index contributed by atoms with van der Waals surface area (Å²) in [6.07, 6.45) is 4.19. The Hall–Kier alpha value is -0.380. The van der Waals surface area contributed by atoms with Crippen LogP contribution in [-0.4, -0.2) is 17.3 Å². The molecule has 1 aromatic rings. The smallest absolute Gasteiger partial charge is 0.0771 e. The van der Waals surface area contributed by atoms with Crippen LogP contribution in [0.5, 0.6) is 0 Å². The molecule has 1 aliphatic carbocycles. The molecule has 0 bridgehead atoms. The average Bonchev–Trinajstić information content (AvgIpc) is 2.75. The summed E-state index contributed by atoms with van der Waals surface area (Å²) in [7, 11) is 0. The SMILES string of the molecule is C[C@H](NCC1(O)CCCC1)c1ccc(Br)cc1. The fourth-order valence-corrected chi connectivity index (χ4v) is 2.69. The molecule has 0 aliphatic heterocycles. The zero-order valence-electron chi connectivity index (χ0n) is 10.2. The molecule has 17 heavy (non-hydrogen) atoms. The molecule has 94 valence electrons. The van der Waals surface area contributed by atoms with E-state index in [4.69, 9.17) is 0 Å². The van der Waals surface area contributed by atoms with E-state index in [0.717, 1.165) is 30.2 Å². The molecule has 3 heteroatoms. The zero-order valence-corrected chi connectivity index (χ0v) is 11.8. The van der Waals surface area contributed by atoms with Crippen LogP contribution in [0.25, 0.3) is 0 Å². The van der Waals surface area contributed by atoms with E-state index in [2.05, 4.69) is 52.4 Å². The minimum Gasteiger partial charge on any atom is -0.389 e. The lowest BCUT2D eigenvalue weighted by atomic mass is 10.0. The van der Waals surface area contributed by atoms with Crippen LogP contribution in [-0.2, 0) is 0 Å². The Balaban J connectivity index is 1.88. The lowest BCUT2D eigenvalue weighted by molar-refractivity contribution is 0.0453. The second kappa shape index (κ2) is 5.51. The van der Waals surface area contributed by atoms with Crippen molar-refractivity contribution in [2.75, 3.05) is 6.54 Å². The molecule has 0 aromatic heterocycles. The van der Waals surface area contributed by atoms with E-state index in [0.29, 0.717) is 6.54 Å². The van der Waals surface area contributed by atoms with E-state index in [1.54, 1.807) is 0 Å². The third kappa shape index (κ3) is 3.54. The predicted octanol–water partition coefficient (Wildman–Crippen LogP) is 3.40. The fourth-order valence-electron chi connectivity index (χ4n) is 2.42. The Kier molecular flexibility index (Phi) is 4.23. The fraction of sp³-hybridized carbons (Fsp3) is 0.571. The van der Waals surface area contributed by atoms with Crippen molar-refractivity contribution in [2.45, 2.75) is 44.2 Å². The standard InChI is InChI=1S/C14H20BrNO/c1-11(12-4-6-13(15)7-5-12)16-10-14(17)8-2-3-9-14/h4-7,11,16-17H,2-3,8-10H2,1H3/t11-/m0/s1. The van der Waals surface area contributed by atoms with Gasteiger partial charge in [0.05, 0.1) is 5.60 Å². The van der Waals surface area contributed by atoms with Crippen LogP contribution in [0.1, 0.15) is 44.2 Å². The quantitative estimate of drug-likeness (QED) is 0.893. The molecule has 0 radical (unpaired) electrons. The molecular weight excluding hydrogens is 278 g/mol. The van der Waals surface area contributed by atoms with E-state index in [9.17, 15) is 5.11 Å². The molecule has 0 heterocycles. The van der Waals surface area contributed by atoms with Gasteiger partial charge in [-0.3, -0.25) is 0 Å². The summed E-state index contributed by atoms with van der Waals surface area (Å²) in [6, 6.07) is 8.61. The van der Waals surface area contributed by atoms with Crippen LogP contribution >= 0.6 is 15.9 Å². The first-order chi connectivity index (χ1) is 8.09. The lowest BCUT2D eigenvalue weighted by Gasteiger charge is -2.25. The molecular formula is C14H20BrNO. The largest absolute Gasteiger partial charge is 0.389 e. The second-order valence-corrected chi connectivity index (χ2v) is 6.00. The van der Waals surface area contributed by atoms with Crippen molar-refractivity contribution in [1.29, 1.82) is 0 Å². The van der Waals surface area contributed by atoms with Gasteiger partial charge in [0, 0.05) is 17.1 Å². The minimum atomic E-state index is -0.469. The van der Waals surface area contributed by atoms with Crippen LogP contribution in [0.15, 0.2) is 28.7 Å². The van der Waals surface area contributed by atoms with Crippen molar-refractivity contribution < 1.29 is 5.11 Å². The molecule has 1 aliphatic rings. The van der Waals surface area contributed by atoms with Crippen molar-refractivity contribution in [1.82, 2.24) is 5.32 Å². The Labute approximate surface area is 112 Å². The molecule has 1 aromatic carbocycles. The molecule has 0 spiro atoms. The van der Waals surface area contributed by atoms with Gasteiger partial charge in [0.1, 0.15) is 0 Å². The third-order valence-corrected chi connectivity index (χ3v) is 4.17.